The van der Waals surface area contributed by atoms with Crippen molar-refractivity contribution in [1.29, 1.82) is 0 Å². The summed E-state index contributed by atoms with van der Waals surface area (Å²) < 4.78 is 10.3. The molecule has 2 amide bonds. The first kappa shape index (κ1) is 35.1. The van der Waals surface area contributed by atoms with Crippen LogP contribution in [-0.2, 0) is 0 Å². The van der Waals surface area contributed by atoms with Crippen molar-refractivity contribution in [3.8, 4) is 11.5 Å². The Morgan fingerprint density at radius 3 is 1.30 bits per heavy atom. The fraction of sp³-hybridized carbons (Fsp3) is 0.500. The molecule has 2 aromatic rings. The van der Waals surface area contributed by atoms with Crippen molar-refractivity contribution in [2.75, 3.05) is 78.0 Å². The van der Waals surface area contributed by atoms with E-state index in [-0.39, 0.29) is 11.8 Å². The van der Waals surface area contributed by atoms with E-state index < -0.39 is 0 Å². The molecule has 2 rings (SSSR count). The highest BCUT2D eigenvalue weighted by Gasteiger charge is 2.16. The number of rotatable bonds is 14. The smallest absolute Gasteiger partial charge is 0.255 e. The third kappa shape index (κ3) is 10.9. The first-order valence-electron chi connectivity index (χ1n) is 13.3. The minimum absolute atomic E-state index is 0.212. The zero-order chi connectivity index (χ0) is 30.2. The van der Waals surface area contributed by atoms with Crippen molar-refractivity contribution in [1.82, 2.24) is 20.4 Å². The molecule has 6 N–H and O–H groups in total. The van der Waals surface area contributed by atoms with E-state index in [1.165, 1.54) is 26.4 Å². The standard InChI is InChI=1S/2C14H22ClN3O2/c2*1-4-18(5-2)7-6-17-14(19)10-8-11(15)12(16)9-13(10)20-3/h2*8-9H,4-7,16H2,1-3H3,(H,17,19). The highest BCUT2D eigenvalue weighted by atomic mass is 35.5. The number of methoxy groups -OCH3 is 2. The first-order valence-corrected chi connectivity index (χ1v) is 14.1. The minimum atomic E-state index is -0.212. The van der Waals surface area contributed by atoms with Gasteiger partial charge in [0.1, 0.15) is 11.5 Å². The average molecular weight is 600 g/mol. The molecular weight excluding hydrogens is 555 g/mol. The number of hydrogen-bond donors (Lipinski definition) is 4. The van der Waals surface area contributed by atoms with Gasteiger partial charge in [-0.25, -0.2) is 0 Å². The number of hydrogen-bond acceptors (Lipinski definition) is 8. The molecule has 0 aliphatic carbocycles. The zero-order valence-electron chi connectivity index (χ0n) is 24.4. The van der Waals surface area contributed by atoms with E-state index in [0.29, 0.717) is 57.1 Å². The summed E-state index contributed by atoms with van der Waals surface area (Å²) in [6.45, 7) is 15.0. The molecule has 2 aromatic carbocycles. The van der Waals surface area contributed by atoms with Gasteiger partial charge < -0.3 is 41.4 Å². The van der Waals surface area contributed by atoms with Gasteiger partial charge >= 0.3 is 0 Å². The fourth-order valence-corrected chi connectivity index (χ4v) is 4.08. The number of anilines is 2. The molecule has 0 fully saturated rings. The number of nitrogen functional groups attached to an aromatic ring is 2. The molecule has 10 nitrogen and oxygen atoms in total. The second kappa shape index (κ2) is 18.4. The van der Waals surface area contributed by atoms with E-state index >= 15 is 0 Å². The van der Waals surface area contributed by atoms with Gasteiger partial charge in [0.25, 0.3) is 11.8 Å². The molecule has 0 aliphatic heterocycles. The van der Waals surface area contributed by atoms with E-state index in [9.17, 15) is 9.59 Å². The minimum Gasteiger partial charge on any atom is -0.496 e. The van der Waals surface area contributed by atoms with Crippen LogP contribution in [0.3, 0.4) is 0 Å². The predicted molar refractivity (Wildman–Crippen MR) is 165 cm³/mol. The molecule has 0 unspecified atom stereocenters. The maximum Gasteiger partial charge on any atom is 0.255 e. The van der Waals surface area contributed by atoms with Crippen LogP contribution in [-0.4, -0.2) is 88.2 Å². The summed E-state index contributed by atoms with van der Waals surface area (Å²) in [5.41, 5.74) is 13.0. The van der Waals surface area contributed by atoms with Crippen molar-refractivity contribution in [3.63, 3.8) is 0 Å². The van der Waals surface area contributed by atoms with Crippen LogP contribution in [0.4, 0.5) is 11.4 Å². The first-order chi connectivity index (χ1) is 19.1. The molecule has 0 aliphatic rings. The lowest BCUT2D eigenvalue weighted by Gasteiger charge is -2.18. The number of amides is 2. The second-order valence-electron chi connectivity index (χ2n) is 8.71. The maximum absolute atomic E-state index is 12.1. The van der Waals surface area contributed by atoms with E-state index in [2.05, 4.69) is 48.1 Å². The molecule has 12 heteroatoms. The normalized spacial score (nSPS) is 10.7. The maximum atomic E-state index is 12.1. The summed E-state index contributed by atoms with van der Waals surface area (Å²) in [5.74, 6) is 0.422. The number of nitrogens with two attached hydrogens (primary N) is 2. The molecule has 0 saturated carbocycles. The Morgan fingerprint density at radius 2 is 1.02 bits per heavy atom. The lowest BCUT2D eigenvalue weighted by Crippen LogP contribution is -2.34. The quantitative estimate of drug-likeness (QED) is 0.240. The van der Waals surface area contributed by atoms with Gasteiger partial charge in [0.2, 0.25) is 0 Å². The highest BCUT2D eigenvalue weighted by molar-refractivity contribution is 6.34. The van der Waals surface area contributed by atoms with Crippen LogP contribution in [0.1, 0.15) is 48.4 Å². The third-order valence-electron chi connectivity index (χ3n) is 6.34. The van der Waals surface area contributed by atoms with Crippen molar-refractivity contribution in [3.05, 3.63) is 45.4 Å². The molecule has 0 saturated heterocycles. The zero-order valence-corrected chi connectivity index (χ0v) is 25.9. The Kier molecular flexibility index (Phi) is 16.2. The summed E-state index contributed by atoms with van der Waals surface area (Å²) in [6.07, 6.45) is 0. The highest BCUT2D eigenvalue weighted by Crippen LogP contribution is 2.29. The molecule has 0 atom stereocenters. The van der Waals surface area contributed by atoms with Crippen molar-refractivity contribution in [2.24, 2.45) is 0 Å². The Morgan fingerprint density at radius 1 is 0.700 bits per heavy atom. The number of carbonyl (C=O) groups excluding carboxylic acids is 2. The lowest BCUT2D eigenvalue weighted by atomic mass is 10.1. The number of ether oxygens (including phenoxy) is 2. The predicted octanol–water partition coefficient (Wildman–Crippen LogP) is 4.00. The summed E-state index contributed by atoms with van der Waals surface area (Å²) in [5, 5.41) is 6.41. The van der Waals surface area contributed by atoms with Crippen molar-refractivity contribution < 1.29 is 19.1 Å². The molecule has 0 bridgehead atoms. The van der Waals surface area contributed by atoms with Crippen LogP contribution in [0, 0.1) is 0 Å². The number of likely N-dealkylation sites (N-methyl/N-ethyl adjacent to an activating group) is 2. The molecule has 0 aromatic heterocycles. The van der Waals surface area contributed by atoms with Gasteiger partial charge in [-0.1, -0.05) is 50.9 Å². The summed E-state index contributed by atoms with van der Waals surface area (Å²) in [6, 6.07) is 6.17. The van der Waals surface area contributed by atoms with Crippen LogP contribution < -0.4 is 31.6 Å². The van der Waals surface area contributed by atoms with Crippen molar-refractivity contribution in [2.45, 2.75) is 27.7 Å². The molecule has 0 heterocycles. The van der Waals surface area contributed by atoms with Crippen LogP contribution in [0.25, 0.3) is 0 Å². The average Bonchev–Trinajstić information content (AvgIpc) is 2.95. The van der Waals surface area contributed by atoms with Gasteiger partial charge in [-0.15, -0.1) is 0 Å². The van der Waals surface area contributed by atoms with Crippen molar-refractivity contribution >= 4 is 46.4 Å². The van der Waals surface area contributed by atoms with E-state index in [1.54, 1.807) is 12.1 Å². The van der Waals surface area contributed by atoms with Gasteiger partial charge in [-0.05, 0) is 38.3 Å². The molecular formula is C28H44Cl2N6O4. The summed E-state index contributed by atoms with van der Waals surface area (Å²) in [4.78, 5) is 28.7. The Hall–Kier alpha value is -2.92. The van der Waals surface area contributed by atoms with Gasteiger partial charge in [0.05, 0.1) is 46.8 Å². The van der Waals surface area contributed by atoms with Gasteiger partial charge in [-0.2, -0.15) is 0 Å². The number of halogens is 2. The van der Waals surface area contributed by atoms with Gasteiger partial charge in [-0.3, -0.25) is 9.59 Å². The van der Waals surface area contributed by atoms with Gasteiger partial charge in [0, 0.05) is 38.3 Å². The Labute approximate surface area is 248 Å². The monoisotopic (exact) mass is 598 g/mol. The Balaban J connectivity index is 0.000000400. The van der Waals surface area contributed by atoms with E-state index in [1.807, 2.05) is 0 Å². The lowest BCUT2D eigenvalue weighted by molar-refractivity contribution is 0.0937. The largest absolute Gasteiger partial charge is 0.496 e. The van der Waals surface area contributed by atoms with Crippen LogP contribution >= 0.6 is 23.2 Å². The topological polar surface area (TPSA) is 135 Å². The molecule has 40 heavy (non-hydrogen) atoms. The van der Waals surface area contributed by atoms with Gasteiger partial charge in [0.15, 0.2) is 0 Å². The summed E-state index contributed by atoms with van der Waals surface area (Å²) >= 11 is 11.9. The van der Waals surface area contributed by atoms with E-state index in [4.69, 9.17) is 44.1 Å². The number of carbonyl (C=O) groups is 2. The van der Waals surface area contributed by atoms with E-state index in [0.717, 1.165) is 39.3 Å². The summed E-state index contributed by atoms with van der Waals surface area (Å²) in [7, 11) is 2.99. The molecule has 224 valence electrons. The fourth-order valence-electron chi connectivity index (χ4n) is 3.76. The molecule has 0 radical (unpaired) electrons. The van der Waals surface area contributed by atoms with Crippen LogP contribution in [0.2, 0.25) is 10.0 Å². The molecule has 0 spiro atoms. The number of nitrogens with zero attached hydrogens (tertiary/aromatic N) is 2. The second-order valence-corrected chi connectivity index (χ2v) is 9.53. The Bertz CT molecular complexity index is 1010. The number of benzene rings is 2. The number of nitrogens with one attached hydrogen (secondary N) is 2. The SMILES string of the molecule is CCN(CC)CCNC(=O)c1cc(Cl)c(N)cc1OC.CCN(CC)CCNC(=O)c1cc(Cl)c(N)cc1OC. The van der Waals surface area contributed by atoms with Crippen LogP contribution in [0.5, 0.6) is 11.5 Å². The third-order valence-corrected chi connectivity index (χ3v) is 7.00. The van der Waals surface area contributed by atoms with Crippen LogP contribution in [0.15, 0.2) is 24.3 Å².